The van der Waals surface area contributed by atoms with Crippen LogP contribution in [0.1, 0.15) is 24.5 Å². The molecule has 0 fully saturated rings. The predicted molar refractivity (Wildman–Crippen MR) is 47.3 cm³/mol. The first-order valence-corrected chi connectivity index (χ1v) is 4.24. The Morgan fingerprint density at radius 2 is 2.00 bits per heavy atom. The van der Waals surface area contributed by atoms with Gasteiger partial charge < -0.3 is 4.74 Å². The summed E-state index contributed by atoms with van der Waals surface area (Å²) < 4.78 is 42.7. The molecule has 0 N–H and O–H groups in total. The third-order valence-electron chi connectivity index (χ3n) is 2.00. The molecule has 0 heterocycles. The highest BCUT2D eigenvalue weighted by Gasteiger charge is 2.19. The van der Waals surface area contributed by atoms with Crippen LogP contribution in [-0.2, 0) is 6.42 Å². The molecule has 0 saturated heterocycles. The topological polar surface area (TPSA) is 9.23 Å². The van der Waals surface area contributed by atoms with Crippen molar-refractivity contribution < 1.29 is 17.9 Å². The lowest BCUT2D eigenvalue weighted by Gasteiger charge is -2.10. The van der Waals surface area contributed by atoms with Gasteiger partial charge in [-0.15, -0.1) is 0 Å². The van der Waals surface area contributed by atoms with Gasteiger partial charge in [0.25, 0.3) is 6.43 Å². The number of rotatable bonds is 3. The summed E-state index contributed by atoms with van der Waals surface area (Å²) in [7, 11) is 1.25. The van der Waals surface area contributed by atoms with E-state index in [2.05, 4.69) is 0 Å². The number of aryl methyl sites for hydroxylation is 1. The predicted octanol–water partition coefficient (Wildman–Crippen LogP) is 3.33. The molecule has 1 rings (SSSR count). The minimum atomic E-state index is -2.85. The quantitative estimate of drug-likeness (QED) is 0.733. The summed E-state index contributed by atoms with van der Waals surface area (Å²) in [5.74, 6) is -0.993. The highest BCUT2D eigenvalue weighted by molar-refractivity contribution is 5.39. The van der Waals surface area contributed by atoms with Gasteiger partial charge in [-0.05, 0) is 24.1 Å². The number of ether oxygens (including phenoxy) is 1. The van der Waals surface area contributed by atoms with Gasteiger partial charge in [0.2, 0.25) is 0 Å². The molecule has 0 aliphatic carbocycles. The van der Waals surface area contributed by atoms with Crippen molar-refractivity contribution in [2.75, 3.05) is 7.11 Å². The van der Waals surface area contributed by atoms with Crippen molar-refractivity contribution in [2.24, 2.45) is 0 Å². The lowest BCUT2D eigenvalue weighted by atomic mass is 10.1. The first kappa shape index (κ1) is 10.9. The summed E-state index contributed by atoms with van der Waals surface area (Å²) >= 11 is 0. The van der Waals surface area contributed by atoms with Gasteiger partial charge in [-0.3, -0.25) is 0 Å². The Kier molecular flexibility index (Phi) is 3.38. The van der Waals surface area contributed by atoms with Crippen LogP contribution in [0.4, 0.5) is 13.2 Å². The summed E-state index contributed by atoms with van der Waals surface area (Å²) in [6.45, 7) is 1.82. The Morgan fingerprint density at radius 3 is 2.43 bits per heavy atom. The number of alkyl halides is 2. The third-order valence-corrected chi connectivity index (χ3v) is 2.00. The van der Waals surface area contributed by atoms with E-state index in [1.165, 1.54) is 13.2 Å². The van der Waals surface area contributed by atoms with Gasteiger partial charge in [0, 0.05) is 0 Å². The van der Waals surface area contributed by atoms with Crippen LogP contribution in [-0.4, -0.2) is 7.11 Å². The zero-order valence-corrected chi connectivity index (χ0v) is 7.98. The van der Waals surface area contributed by atoms with Crippen LogP contribution in [0.25, 0.3) is 0 Å². The molecule has 78 valence electrons. The van der Waals surface area contributed by atoms with E-state index in [1.54, 1.807) is 0 Å². The van der Waals surface area contributed by atoms with E-state index >= 15 is 0 Å². The number of hydrogen-bond donors (Lipinski definition) is 0. The highest BCUT2D eigenvalue weighted by atomic mass is 19.3. The molecule has 0 aliphatic heterocycles. The minimum absolute atomic E-state index is 0.0862. The maximum atomic E-state index is 13.2. The first-order chi connectivity index (χ1) is 6.60. The molecule has 4 heteroatoms. The Morgan fingerprint density at radius 1 is 1.36 bits per heavy atom. The van der Waals surface area contributed by atoms with E-state index in [1.807, 2.05) is 6.92 Å². The van der Waals surface area contributed by atoms with Crippen LogP contribution in [0.5, 0.6) is 5.75 Å². The van der Waals surface area contributed by atoms with Crippen molar-refractivity contribution in [3.05, 3.63) is 29.1 Å². The summed E-state index contributed by atoms with van der Waals surface area (Å²) in [5, 5.41) is 0. The van der Waals surface area contributed by atoms with E-state index in [4.69, 9.17) is 4.74 Å². The molecule has 0 saturated carbocycles. The van der Waals surface area contributed by atoms with Crippen molar-refractivity contribution in [3.63, 3.8) is 0 Å². The SMILES string of the molecule is CCc1cc(F)c(C(F)F)c(OC)c1. The Hall–Kier alpha value is -1.19. The van der Waals surface area contributed by atoms with Crippen molar-refractivity contribution >= 4 is 0 Å². The molecule has 0 bridgehead atoms. The Labute approximate surface area is 80.5 Å². The summed E-state index contributed by atoms with van der Waals surface area (Å²) in [6.07, 6.45) is -2.27. The molecule has 1 nitrogen and oxygen atoms in total. The summed E-state index contributed by atoms with van der Waals surface area (Å²) in [6, 6.07) is 2.55. The molecule has 0 unspecified atom stereocenters. The molecule has 1 aromatic rings. The fraction of sp³-hybridized carbons (Fsp3) is 0.400. The van der Waals surface area contributed by atoms with E-state index in [0.717, 1.165) is 6.07 Å². The van der Waals surface area contributed by atoms with E-state index in [9.17, 15) is 13.2 Å². The molecular weight excluding hydrogens is 193 g/mol. The minimum Gasteiger partial charge on any atom is -0.496 e. The van der Waals surface area contributed by atoms with Crippen LogP contribution in [0.2, 0.25) is 0 Å². The van der Waals surface area contributed by atoms with Crippen LogP contribution in [0.3, 0.4) is 0 Å². The van der Waals surface area contributed by atoms with E-state index in [0.29, 0.717) is 12.0 Å². The molecule has 0 spiro atoms. The van der Waals surface area contributed by atoms with E-state index in [-0.39, 0.29) is 5.75 Å². The number of benzene rings is 1. The lowest BCUT2D eigenvalue weighted by molar-refractivity contribution is 0.141. The molecule has 0 aliphatic rings. The number of methoxy groups -OCH3 is 1. The highest BCUT2D eigenvalue weighted by Crippen LogP contribution is 2.32. The van der Waals surface area contributed by atoms with Crippen molar-refractivity contribution in [2.45, 2.75) is 19.8 Å². The molecule has 1 aromatic carbocycles. The van der Waals surface area contributed by atoms with Gasteiger partial charge in [0.15, 0.2) is 0 Å². The zero-order chi connectivity index (χ0) is 10.7. The van der Waals surface area contributed by atoms with Crippen LogP contribution in [0, 0.1) is 5.82 Å². The smallest absolute Gasteiger partial charge is 0.270 e. The van der Waals surface area contributed by atoms with Gasteiger partial charge in [0.05, 0.1) is 12.7 Å². The fourth-order valence-corrected chi connectivity index (χ4v) is 1.23. The molecule has 0 atom stereocenters. The Bertz CT molecular complexity index is 323. The largest absolute Gasteiger partial charge is 0.496 e. The fourth-order valence-electron chi connectivity index (χ4n) is 1.23. The van der Waals surface area contributed by atoms with Crippen LogP contribution in [0.15, 0.2) is 12.1 Å². The average Bonchev–Trinajstić information content (AvgIpc) is 2.15. The average molecular weight is 204 g/mol. The third kappa shape index (κ3) is 2.00. The molecular formula is C10H11F3O. The maximum absolute atomic E-state index is 13.2. The second kappa shape index (κ2) is 4.35. The molecule has 0 aromatic heterocycles. The van der Waals surface area contributed by atoms with Crippen molar-refractivity contribution in [1.82, 2.24) is 0 Å². The number of halogens is 3. The second-order valence-corrected chi connectivity index (χ2v) is 2.85. The van der Waals surface area contributed by atoms with Crippen LogP contribution < -0.4 is 4.74 Å². The summed E-state index contributed by atoms with van der Waals surface area (Å²) in [5.41, 5.74) is -0.0200. The van der Waals surface area contributed by atoms with Crippen LogP contribution >= 0.6 is 0 Å². The Balaban J connectivity index is 3.27. The molecule has 14 heavy (non-hydrogen) atoms. The van der Waals surface area contributed by atoms with Crippen molar-refractivity contribution in [1.29, 1.82) is 0 Å². The van der Waals surface area contributed by atoms with Gasteiger partial charge in [-0.2, -0.15) is 0 Å². The van der Waals surface area contributed by atoms with Crippen molar-refractivity contribution in [3.8, 4) is 5.75 Å². The van der Waals surface area contributed by atoms with Gasteiger partial charge in [-0.25, -0.2) is 13.2 Å². The monoisotopic (exact) mass is 204 g/mol. The number of hydrogen-bond acceptors (Lipinski definition) is 1. The molecule has 0 amide bonds. The van der Waals surface area contributed by atoms with Gasteiger partial charge in [-0.1, -0.05) is 6.92 Å². The second-order valence-electron chi connectivity index (χ2n) is 2.85. The molecule has 0 radical (unpaired) electrons. The lowest BCUT2D eigenvalue weighted by Crippen LogP contribution is -1.98. The zero-order valence-electron chi connectivity index (χ0n) is 7.98. The van der Waals surface area contributed by atoms with Gasteiger partial charge >= 0.3 is 0 Å². The van der Waals surface area contributed by atoms with Gasteiger partial charge in [0.1, 0.15) is 11.6 Å². The van der Waals surface area contributed by atoms with E-state index < -0.39 is 17.8 Å². The summed E-state index contributed by atoms with van der Waals surface area (Å²) in [4.78, 5) is 0. The standard InChI is InChI=1S/C10H11F3O/c1-3-6-4-7(11)9(10(12)13)8(5-6)14-2/h4-5,10H,3H2,1-2H3. The maximum Gasteiger partial charge on any atom is 0.270 e. The first-order valence-electron chi connectivity index (χ1n) is 4.24. The normalized spacial score (nSPS) is 10.7.